The molecule has 5 nitrogen and oxygen atoms in total. The molecule has 0 fully saturated rings. The summed E-state index contributed by atoms with van der Waals surface area (Å²) in [5.74, 6) is 0.127. The Balaban J connectivity index is 2.08. The maximum Gasteiger partial charge on any atom is 0.273 e. The Kier molecular flexibility index (Phi) is 5.11. The third kappa shape index (κ3) is 3.92. The molecule has 0 bridgehead atoms. The van der Waals surface area contributed by atoms with E-state index in [1.165, 1.54) is 11.6 Å². The summed E-state index contributed by atoms with van der Waals surface area (Å²) in [7, 11) is 1.96. The minimum Gasteiger partial charge on any atom is -0.374 e. The van der Waals surface area contributed by atoms with Crippen LogP contribution in [0.25, 0.3) is 0 Å². The number of aromatic nitrogens is 1. The number of hydrogen-bond donors (Lipinski definition) is 0. The fraction of sp³-hybridized carbons (Fsp3) is 0.267. The van der Waals surface area contributed by atoms with Gasteiger partial charge >= 0.3 is 0 Å². The molecule has 21 heavy (non-hydrogen) atoms. The summed E-state index contributed by atoms with van der Waals surface area (Å²) in [4.78, 5) is 16.5. The summed E-state index contributed by atoms with van der Waals surface area (Å²) >= 11 is 5.80. The summed E-state index contributed by atoms with van der Waals surface area (Å²) in [6.45, 7) is 0.809. The lowest BCUT2D eigenvalue weighted by molar-refractivity contribution is -0.385. The predicted octanol–water partition coefficient (Wildman–Crippen LogP) is 3.41. The standard InChI is InChI=1S/C15H16ClN3O2/c1-18(9-6-12-4-7-17-8-5-12)14-2-3-15(19(20)21)13(10-14)11-16/h2-5,7-8,10H,6,9,11H2,1H3. The number of rotatable bonds is 6. The van der Waals surface area contributed by atoms with Crippen LogP contribution in [0.3, 0.4) is 0 Å². The second-order valence-electron chi connectivity index (χ2n) is 4.73. The van der Waals surface area contributed by atoms with Crippen molar-refractivity contribution in [2.75, 3.05) is 18.5 Å². The molecule has 0 amide bonds. The average molecular weight is 306 g/mol. The Hall–Kier alpha value is -2.14. The Bertz CT molecular complexity index is 620. The maximum atomic E-state index is 10.9. The Labute approximate surface area is 128 Å². The van der Waals surface area contributed by atoms with Crippen LogP contribution in [0.5, 0.6) is 0 Å². The molecule has 1 aromatic heterocycles. The minimum atomic E-state index is -0.404. The van der Waals surface area contributed by atoms with Crippen LogP contribution in [0.2, 0.25) is 0 Å². The Morgan fingerprint density at radius 1 is 1.29 bits per heavy atom. The first-order valence-corrected chi connectivity index (χ1v) is 7.08. The molecule has 110 valence electrons. The number of nitro groups is 1. The summed E-state index contributed by atoms with van der Waals surface area (Å²) in [6.07, 6.45) is 4.42. The molecule has 1 aromatic carbocycles. The van der Waals surface area contributed by atoms with Gasteiger partial charge in [-0.2, -0.15) is 0 Å². The SMILES string of the molecule is CN(CCc1ccncc1)c1ccc([N+](=O)[O-])c(CCl)c1. The highest BCUT2D eigenvalue weighted by Crippen LogP contribution is 2.26. The van der Waals surface area contributed by atoms with E-state index in [4.69, 9.17) is 11.6 Å². The summed E-state index contributed by atoms with van der Waals surface area (Å²) in [5, 5.41) is 10.9. The fourth-order valence-corrected chi connectivity index (χ4v) is 2.28. The molecule has 0 radical (unpaired) electrons. The molecule has 0 aliphatic carbocycles. The number of benzene rings is 1. The van der Waals surface area contributed by atoms with E-state index < -0.39 is 4.92 Å². The van der Waals surface area contributed by atoms with Crippen molar-refractivity contribution in [3.8, 4) is 0 Å². The van der Waals surface area contributed by atoms with E-state index in [2.05, 4.69) is 9.88 Å². The van der Waals surface area contributed by atoms with Gasteiger partial charge in [-0.15, -0.1) is 11.6 Å². The lowest BCUT2D eigenvalue weighted by atomic mass is 10.1. The second-order valence-corrected chi connectivity index (χ2v) is 5.00. The normalized spacial score (nSPS) is 10.4. The highest BCUT2D eigenvalue weighted by molar-refractivity contribution is 6.17. The van der Waals surface area contributed by atoms with Crippen molar-refractivity contribution in [2.24, 2.45) is 0 Å². The lowest BCUT2D eigenvalue weighted by Gasteiger charge is -2.20. The third-order valence-corrected chi connectivity index (χ3v) is 3.62. The van der Waals surface area contributed by atoms with Crippen molar-refractivity contribution in [1.82, 2.24) is 4.98 Å². The number of anilines is 1. The molecule has 2 aromatic rings. The molecule has 0 saturated carbocycles. The average Bonchev–Trinajstić information content (AvgIpc) is 2.52. The quantitative estimate of drug-likeness (QED) is 0.466. The summed E-state index contributed by atoms with van der Waals surface area (Å²) < 4.78 is 0. The van der Waals surface area contributed by atoms with Crippen molar-refractivity contribution in [3.63, 3.8) is 0 Å². The van der Waals surface area contributed by atoms with E-state index >= 15 is 0 Å². The monoisotopic (exact) mass is 305 g/mol. The number of hydrogen-bond acceptors (Lipinski definition) is 4. The van der Waals surface area contributed by atoms with E-state index in [-0.39, 0.29) is 11.6 Å². The molecular weight excluding hydrogens is 290 g/mol. The molecule has 6 heteroatoms. The zero-order chi connectivity index (χ0) is 15.2. The van der Waals surface area contributed by atoms with E-state index in [9.17, 15) is 10.1 Å². The van der Waals surface area contributed by atoms with Gasteiger partial charge in [-0.1, -0.05) is 0 Å². The van der Waals surface area contributed by atoms with Gasteiger partial charge in [-0.3, -0.25) is 15.1 Å². The van der Waals surface area contributed by atoms with Crippen LogP contribution in [0.15, 0.2) is 42.7 Å². The maximum absolute atomic E-state index is 10.9. The minimum absolute atomic E-state index is 0.0660. The topological polar surface area (TPSA) is 59.3 Å². The van der Waals surface area contributed by atoms with E-state index in [0.717, 1.165) is 18.7 Å². The first-order chi connectivity index (χ1) is 10.1. The van der Waals surface area contributed by atoms with Gasteiger partial charge in [-0.25, -0.2) is 0 Å². The Morgan fingerprint density at radius 3 is 2.62 bits per heavy atom. The van der Waals surface area contributed by atoms with Crippen molar-refractivity contribution < 1.29 is 4.92 Å². The van der Waals surface area contributed by atoms with Crippen LogP contribution >= 0.6 is 11.6 Å². The highest BCUT2D eigenvalue weighted by atomic mass is 35.5. The van der Waals surface area contributed by atoms with Gasteiger partial charge < -0.3 is 4.90 Å². The molecule has 2 rings (SSSR count). The van der Waals surface area contributed by atoms with Gasteiger partial charge in [0.05, 0.1) is 10.8 Å². The summed E-state index contributed by atoms with van der Waals surface area (Å²) in [5.41, 5.74) is 2.73. The molecule has 0 unspecified atom stereocenters. The first kappa shape index (κ1) is 15.3. The first-order valence-electron chi connectivity index (χ1n) is 6.55. The number of nitro benzene ring substituents is 1. The van der Waals surface area contributed by atoms with Crippen molar-refractivity contribution in [1.29, 1.82) is 0 Å². The molecule has 0 atom stereocenters. The van der Waals surface area contributed by atoms with E-state index in [0.29, 0.717) is 5.56 Å². The number of nitrogens with zero attached hydrogens (tertiary/aromatic N) is 3. The number of pyridine rings is 1. The molecule has 0 N–H and O–H groups in total. The largest absolute Gasteiger partial charge is 0.374 e. The molecule has 0 aliphatic rings. The number of halogens is 1. The lowest BCUT2D eigenvalue weighted by Crippen LogP contribution is -2.20. The van der Waals surface area contributed by atoms with Gasteiger partial charge in [0.15, 0.2) is 0 Å². The van der Waals surface area contributed by atoms with Gasteiger partial charge in [0.2, 0.25) is 0 Å². The van der Waals surface area contributed by atoms with Gasteiger partial charge in [0.1, 0.15) is 0 Å². The van der Waals surface area contributed by atoms with E-state index in [1.807, 2.05) is 19.2 Å². The van der Waals surface area contributed by atoms with Crippen LogP contribution < -0.4 is 4.90 Å². The zero-order valence-electron chi connectivity index (χ0n) is 11.7. The predicted molar refractivity (Wildman–Crippen MR) is 83.9 cm³/mol. The van der Waals surface area contributed by atoms with Crippen molar-refractivity contribution >= 4 is 23.0 Å². The molecular formula is C15H16ClN3O2. The fourth-order valence-electron chi connectivity index (χ4n) is 2.07. The number of likely N-dealkylation sites (N-methyl/N-ethyl adjacent to an activating group) is 1. The molecule has 0 spiro atoms. The van der Waals surface area contributed by atoms with Crippen molar-refractivity contribution in [2.45, 2.75) is 12.3 Å². The molecule has 0 saturated heterocycles. The molecule has 0 aliphatic heterocycles. The smallest absolute Gasteiger partial charge is 0.273 e. The van der Waals surface area contributed by atoms with Crippen LogP contribution in [0.1, 0.15) is 11.1 Å². The highest BCUT2D eigenvalue weighted by Gasteiger charge is 2.14. The zero-order valence-corrected chi connectivity index (χ0v) is 12.5. The Morgan fingerprint density at radius 2 is 2.00 bits per heavy atom. The number of alkyl halides is 1. The van der Waals surface area contributed by atoms with Crippen LogP contribution in [-0.4, -0.2) is 23.5 Å². The summed E-state index contributed by atoms with van der Waals surface area (Å²) in [6, 6.07) is 9.00. The van der Waals surface area contributed by atoms with Crippen LogP contribution in [0.4, 0.5) is 11.4 Å². The van der Waals surface area contributed by atoms with Crippen LogP contribution in [0, 0.1) is 10.1 Å². The second kappa shape index (κ2) is 7.04. The van der Waals surface area contributed by atoms with Gasteiger partial charge in [-0.05, 0) is 36.2 Å². The van der Waals surface area contributed by atoms with Crippen molar-refractivity contribution in [3.05, 3.63) is 64.0 Å². The van der Waals surface area contributed by atoms with Gasteiger partial charge in [0, 0.05) is 43.3 Å². The van der Waals surface area contributed by atoms with Gasteiger partial charge in [0.25, 0.3) is 5.69 Å². The van der Waals surface area contributed by atoms with Crippen LogP contribution in [-0.2, 0) is 12.3 Å². The molecule has 1 heterocycles. The van der Waals surface area contributed by atoms with E-state index in [1.54, 1.807) is 24.5 Å². The third-order valence-electron chi connectivity index (χ3n) is 3.33.